The smallest absolute Gasteiger partial charge is 0.413 e. The van der Waals surface area contributed by atoms with Crippen LogP contribution in [-0.2, 0) is 14.9 Å². The standard InChI is InChI=1S/C11H14F3NO4S/c1-2-7-18-9-3-5-10(6-4-9)20(16,17)15-19-8-11(12,13)14/h3-6,15H,2,7-8H2,1H3. The molecule has 1 N–H and O–H groups in total. The fraction of sp³-hybridized carbons (Fsp3) is 0.455. The predicted molar refractivity (Wildman–Crippen MR) is 64.6 cm³/mol. The lowest BCUT2D eigenvalue weighted by Crippen LogP contribution is -2.29. The van der Waals surface area contributed by atoms with Crippen LogP contribution in [0.1, 0.15) is 13.3 Å². The van der Waals surface area contributed by atoms with Gasteiger partial charge in [0.05, 0.1) is 11.5 Å². The normalized spacial score (nSPS) is 12.4. The van der Waals surface area contributed by atoms with Crippen molar-refractivity contribution < 1.29 is 31.2 Å². The van der Waals surface area contributed by atoms with Gasteiger partial charge < -0.3 is 4.74 Å². The van der Waals surface area contributed by atoms with Crippen molar-refractivity contribution in [1.82, 2.24) is 4.89 Å². The first-order chi connectivity index (χ1) is 9.24. The van der Waals surface area contributed by atoms with E-state index in [4.69, 9.17) is 4.74 Å². The van der Waals surface area contributed by atoms with E-state index >= 15 is 0 Å². The molecular formula is C11H14F3NO4S. The summed E-state index contributed by atoms with van der Waals surface area (Å²) in [5.74, 6) is 0.474. The van der Waals surface area contributed by atoms with Crippen LogP contribution in [0, 0.1) is 0 Å². The molecule has 20 heavy (non-hydrogen) atoms. The number of nitrogens with one attached hydrogen (secondary N) is 1. The van der Waals surface area contributed by atoms with Gasteiger partial charge in [-0.05, 0) is 30.7 Å². The van der Waals surface area contributed by atoms with E-state index in [2.05, 4.69) is 4.84 Å². The summed E-state index contributed by atoms with van der Waals surface area (Å²) in [5, 5.41) is 0. The van der Waals surface area contributed by atoms with E-state index in [9.17, 15) is 21.6 Å². The first kappa shape index (κ1) is 16.7. The van der Waals surface area contributed by atoms with E-state index in [1.165, 1.54) is 29.2 Å². The second-order valence-electron chi connectivity index (χ2n) is 3.81. The Labute approximate surface area is 114 Å². The molecule has 0 bridgehead atoms. The SMILES string of the molecule is CCCOc1ccc(S(=O)(=O)NOCC(F)(F)F)cc1. The molecule has 0 atom stereocenters. The van der Waals surface area contributed by atoms with Crippen molar-refractivity contribution >= 4 is 10.0 Å². The van der Waals surface area contributed by atoms with E-state index in [0.717, 1.165) is 6.42 Å². The number of benzene rings is 1. The van der Waals surface area contributed by atoms with Gasteiger partial charge in [0.25, 0.3) is 10.0 Å². The number of alkyl halides is 3. The van der Waals surface area contributed by atoms with Gasteiger partial charge in [0, 0.05) is 0 Å². The van der Waals surface area contributed by atoms with E-state index in [-0.39, 0.29) is 4.90 Å². The highest BCUT2D eigenvalue weighted by Crippen LogP contribution is 2.17. The summed E-state index contributed by atoms with van der Waals surface area (Å²) in [6.45, 7) is 0.698. The van der Waals surface area contributed by atoms with E-state index in [1.807, 2.05) is 6.92 Å². The molecule has 1 aromatic carbocycles. The quantitative estimate of drug-likeness (QED) is 0.784. The van der Waals surface area contributed by atoms with Gasteiger partial charge in [-0.2, -0.15) is 13.2 Å². The highest BCUT2D eigenvalue weighted by molar-refractivity contribution is 7.89. The van der Waals surface area contributed by atoms with Gasteiger partial charge in [0.15, 0.2) is 6.61 Å². The number of rotatable bonds is 7. The van der Waals surface area contributed by atoms with Gasteiger partial charge in [0.1, 0.15) is 5.75 Å². The van der Waals surface area contributed by atoms with Crippen LogP contribution < -0.4 is 9.62 Å². The lowest BCUT2D eigenvalue weighted by molar-refractivity contribution is -0.181. The lowest BCUT2D eigenvalue weighted by atomic mass is 10.3. The van der Waals surface area contributed by atoms with Crippen molar-refractivity contribution in [2.24, 2.45) is 0 Å². The summed E-state index contributed by atoms with van der Waals surface area (Å²) < 4.78 is 63.9. The van der Waals surface area contributed by atoms with Gasteiger partial charge >= 0.3 is 6.18 Å². The molecule has 0 aliphatic heterocycles. The zero-order chi connectivity index (χ0) is 15.2. The van der Waals surface area contributed by atoms with Crippen LogP contribution in [0.25, 0.3) is 0 Å². The Balaban J connectivity index is 2.63. The molecule has 0 aromatic heterocycles. The highest BCUT2D eigenvalue weighted by atomic mass is 32.2. The van der Waals surface area contributed by atoms with E-state index < -0.39 is 22.8 Å². The van der Waals surface area contributed by atoms with Crippen LogP contribution >= 0.6 is 0 Å². The first-order valence-corrected chi connectivity index (χ1v) is 7.16. The predicted octanol–water partition coefficient (Wildman–Crippen LogP) is 2.25. The maximum Gasteiger partial charge on any atom is 0.413 e. The summed E-state index contributed by atoms with van der Waals surface area (Å²) in [7, 11) is -4.15. The number of hydrogen-bond acceptors (Lipinski definition) is 4. The maximum absolute atomic E-state index is 11.8. The van der Waals surface area contributed by atoms with Crippen LogP contribution in [-0.4, -0.2) is 27.8 Å². The summed E-state index contributed by atoms with van der Waals surface area (Å²) in [6.07, 6.45) is -3.81. The number of ether oxygens (including phenoxy) is 1. The number of hydrogen-bond donors (Lipinski definition) is 1. The van der Waals surface area contributed by atoms with Crippen LogP contribution in [0.3, 0.4) is 0 Å². The molecule has 1 aromatic rings. The Bertz CT molecular complexity index is 513. The van der Waals surface area contributed by atoms with Gasteiger partial charge in [-0.3, -0.25) is 4.84 Å². The van der Waals surface area contributed by atoms with E-state index in [0.29, 0.717) is 12.4 Å². The molecule has 0 aliphatic carbocycles. The molecule has 114 valence electrons. The van der Waals surface area contributed by atoms with Crippen molar-refractivity contribution in [3.05, 3.63) is 24.3 Å². The molecule has 0 aliphatic rings. The Morgan fingerprint density at radius 3 is 2.30 bits per heavy atom. The molecule has 0 saturated carbocycles. The zero-order valence-electron chi connectivity index (χ0n) is 10.6. The van der Waals surface area contributed by atoms with Crippen molar-refractivity contribution in [3.63, 3.8) is 0 Å². The van der Waals surface area contributed by atoms with Crippen molar-refractivity contribution in [2.45, 2.75) is 24.4 Å². The molecule has 0 unspecified atom stereocenters. The van der Waals surface area contributed by atoms with Crippen molar-refractivity contribution in [2.75, 3.05) is 13.2 Å². The van der Waals surface area contributed by atoms with Crippen LogP contribution in [0.15, 0.2) is 29.2 Å². The molecule has 0 fully saturated rings. The minimum atomic E-state index is -4.61. The largest absolute Gasteiger partial charge is 0.494 e. The summed E-state index contributed by atoms with van der Waals surface area (Å²) in [5.41, 5.74) is 0. The molecule has 0 saturated heterocycles. The average molecular weight is 313 g/mol. The highest BCUT2D eigenvalue weighted by Gasteiger charge is 2.29. The minimum Gasteiger partial charge on any atom is -0.494 e. The molecule has 1 rings (SSSR count). The molecule has 0 radical (unpaired) electrons. The Hall–Kier alpha value is -1.32. The Morgan fingerprint density at radius 1 is 1.20 bits per heavy atom. The third-order valence-corrected chi connectivity index (χ3v) is 3.24. The molecule has 0 amide bonds. The summed E-state index contributed by atoms with van der Waals surface area (Å²) in [4.78, 5) is 5.11. The second-order valence-corrected chi connectivity index (χ2v) is 5.46. The fourth-order valence-electron chi connectivity index (χ4n) is 1.17. The first-order valence-electron chi connectivity index (χ1n) is 5.68. The van der Waals surface area contributed by atoms with E-state index in [1.54, 1.807) is 0 Å². The third kappa shape index (κ3) is 5.76. The number of halogens is 3. The molecule has 5 nitrogen and oxygen atoms in total. The average Bonchev–Trinajstić information content (AvgIpc) is 2.35. The van der Waals surface area contributed by atoms with Crippen molar-refractivity contribution in [3.8, 4) is 5.75 Å². The topological polar surface area (TPSA) is 64.6 Å². The second kappa shape index (κ2) is 6.91. The fourth-order valence-corrected chi connectivity index (χ4v) is 1.98. The number of sulfonamides is 1. The molecule has 0 heterocycles. The third-order valence-electron chi connectivity index (χ3n) is 2.01. The maximum atomic E-state index is 11.8. The van der Waals surface area contributed by atoms with Crippen LogP contribution in [0.2, 0.25) is 0 Å². The van der Waals surface area contributed by atoms with Gasteiger partial charge in [-0.15, -0.1) is 0 Å². The summed E-state index contributed by atoms with van der Waals surface area (Å²) >= 11 is 0. The zero-order valence-corrected chi connectivity index (χ0v) is 11.4. The van der Waals surface area contributed by atoms with Gasteiger partial charge in [0.2, 0.25) is 0 Å². The van der Waals surface area contributed by atoms with Crippen molar-refractivity contribution in [1.29, 1.82) is 0 Å². The molecule has 9 heteroatoms. The Morgan fingerprint density at radius 2 is 1.80 bits per heavy atom. The molecule has 0 spiro atoms. The van der Waals surface area contributed by atoms with Crippen LogP contribution in [0.4, 0.5) is 13.2 Å². The minimum absolute atomic E-state index is 0.219. The van der Waals surface area contributed by atoms with Gasteiger partial charge in [-0.1, -0.05) is 11.8 Å². The lowest BCUT2D eigenvalue weighted by Gasteiger charge is -2.10. The molecular weight excluding hydrogens is 299 g/mol. The van der Waals surface area contributed by atoms with Crippen LogP contribution in [0.5, 0.6) is 5.75 Å². The summed E-state index contributed by atoms with van der Waals surface area (Å²) in [6, 6.07) is 5.25. The van der Waals surface area contributed by atoms with Gasteiger partial charge in [-0.25, -0.2) is 8.42 Å². The Kier molecular flexibility index (Phi) is 5.78. The monoisotopic (exact) mass is 313 g/mol.